The van der Waals surface area contributed by atoms with Gasteiger partial charge in [-0.25, -0.2) is 0 Å². The third kappa shape index (κ3) is 3.61. The van der Waals surface area contributed by atoms with Crippen LogP contribution in [0.5, 0.6) is 11.5 Å². The summed E-state index contributed by atoms with van der Waals surface area (Å²) in [5.41, 5.74) is 3.46. The van der Waals surface area contributed by atoms with Gasteiger partial charge in [-0.15, -0.1) is 0 Å². The van der Waals surface area contributed by atoms with E-state index < -0.39 is 0 Å². The molecule has 4 nitrogen and oxygen atoms in total. The molecule has 4 rings (SSSR count). The fraction of sp³-hybridized carbons (Fsp3) is 0.455. The van der Waals surface area contributed by atoms with Gasteiger partial charge < -0.3 is 19.5 Å². The third-order valence-corrected chi connectivity index (χ3v) is 5.59. The summed E-state index contributed by atoms with van der Waals surface area (Å²) in [7, 11) is 0. The minimum absolute atomic E-state index is 0.0702. The van der Waals surface area contributed by atoms with Crippen LogP contribution in [0.15, 0.2) is 36.4 Å². The fourth-order valence-electron chi connectivity index (χ4n) is 4.23. The molecule has 1 fully saturated rings. The molecule has 1 saturated heterocycles. The van der Waals surface area contributed by atoms with Gasteiger partial charge in [0.1, 0.15) is 0 Å². The highest BCUT2D eigenvalue weighted by Crippen LogP contribution is 2.50. The van der Waals surface area contributed by atoms with E-state index in [-0.39, 0.29) is 12.1 Å². The van der Waals surface area contributed by atoms with Gasteiger partial charge in [0.2, 0.25) is 0 Å². The van der Waals surface area contributed by atoms with E-state index in [4.69, 9.17) is 25.8 Å². The lowest BCUT2D eigenvalue weighted by Gasteiger charge is -2.43. The number of hydrogen-bond acceptors (Lipinski definition) is 4. The normalized spacial score (nSPS) is 23.7. The zero-order valence-electron chi connectivity index (χ0n) is 15.8. The van der Waals surface area contributed by atoms with Crippen LogP contribution < -0.4 is 14.8 Å². The van der Waals surface area contributed by atoms with Crippen LogP contribution in [0.25, 0.3) is 0 Å². The number of hydrogen-bond donors (Lipinski definition) is 1. The van der Waals surface area contributed by atoms with E-state index in [1.54, 1.807) is 0 Å². The van der Waals surface area contributed by atoms with E-state index in [9.17, 15) is 0 Å². The molecule has 5 heteroatoms. The van der Waals surface area contributed by atoms with Crippen molar-refractivity contribution in [3.8, 4) is 11.5 Å². The quantitative estimate of drug-likeness (QED) is 0.706. The van der Waals surface area contributed by atoms with Crippen molar-refractivity contribution in [3.63, 3.8) is 0 Å². The number of ether oxygens (including phenoxy) is 3. The van der Waals surface area contributed by atoms with Crippen molar-refractivity contribution in [1.82, 2.24) is 0 Å². The van der Waals surface area contributed by atoms with E-state index in [2.05, 4.69) is 23.5 Å². The number of fused-ring (bicyclic) bond motifs is 3. The maximum Gasteiger partial charge on any atom is 0.161 e. The molecule has 0 radical (unpaired) electrons. The van der Waals surface area contributed by atoms with Gasteiger partial charge in [-0.2, -0.15) is 0 Å². The molecule has 144 valence electrons. The highest BCUT2D eigenvalue weighted by Gasteiger charge is 2.40. The Kier molecular flexibility index (Phi) is 5.46. The number of benzene rings is 2. The zero-order chi connectivity index (χ0) is 18.8. The predicted molar refractivity (Wildman–Crippen MR) is 108 cm³/mol. The van der Waals surface area contributed by atoms with Crippen molar-refractivity contribution >= 4 is 17.3 Å². The Bertz CT molecular complexity index is 810. The van der Waals surface area contributed by atoms with Crippen LogP contribution in [-0.2, 0) is 4.74 Å². The molecule has 2 heterocycles. The van der Waals surface area contributed by atoms with Gasteiger partial charge in [0.15, 0.2) is 11.5 Å². The van der Waals surface area contributed by atoms with Gasteiger partial charge >= 0.3 is 0 Å². The van der Waals surface area contributed by atoms with Crippen LogP contribution in [0, 0.1) is 5.92 Å². The second kappa shape index (κ2) is 7.99. The van der Waals surface area contributed by atoms with E-state index >= 15 is 0 Å². The van der Waals surface area contributed by atoms with Crippen molar-refractivity contribution in [1.29, 1.82) is 0 Å². The summed E-state index contributed by atoms with van der Waals surface area (Å²) in [6.07, 6.45) is 2.26. The molecule has 2 aromatic rings. The van der Waals surface area contributed by atoms with Crippen molar-refractivity contribution in [2.45, 2.75) is 38.8 Å². The Labute approximate surface area is 165 Å². The Hall–Kier alpha value is -1.91. The molecular formula is C22H26ClNO3. The van der Waals surface area contributed by atoms with Crippen molar-refractivity contribution in [2.75, 3.05) is 25.1 Å². The molecule has 0 aromatic heterocycles. The molecule has 1 N–H and O–H groups in total. The predicted octanol–water partition coefficient (Wildman–Crippen LogP) is 5.77. The summed E-state index contributed by atoms with van der Waals surface area (Å²) in [6.45, 7) is 6.00. The van der Waals surface area contributed by atoms with Gasteiger partial charge in [0, 0.05) is 28.8 Å². The van der Waals surface area contributed by atoms with Gasteiger partial charge in [-0.1, -0.05) is 17.7 Å². The minimum Gasteiger partial charge on any atom is -0.490 e. The first kappa shape index (κ1) is 18.5. The smallest absolute Gasteiger partial charge is 0.161 e. The highest BCUT2D eigenvalue weighted by molar-refractivity contribution is 6.30. The summed E-state index contributed by atoms with van der Waals surface area (Å²) in [5, 5.41) is 4.48. The Morgan fingerprint density at radius 3 is 2.70 bits per heavy atom. The molecule has 27 heavy (non-hydrogen) atoms. The number of anilines is 1. The molecule has 0 spiro atoms. The fourth-order valence-corrected chi connectivity index (χ4v) is 4.41. The second-order valence-corrected chi connectivity index (χ2v) is 7.46. The highest BCUT2D eigenvalue weighted by atomic mass is 35.5. The molecule has 2 aliphatic heterocycles. The lowest BCUT2D eigenvalue weighted by Crippen LogP contribution is -2.36. The number of halogens is 1. The van der Waals surface area contributed by atoms with Crippen LogP contribution in [0.4, 0.5) is 5.69 Å². The summed E-state index contributed by atoms with van der Waals surface area (Å²) >= 11 is 6.25. The maximum atomic E-state index is 6.25. The number of nitrogens with one attached hydrogen (secondary N) is 1. The average molecular weight is 388 g/mol. The summed E-state index contributed by atoms with van der Waals surface area (Å²) in [6, 6.07) is 12.4. The van der Waals surface area contributed by atoms with Crippen molar-refractivity contribution < 1.29 is 14.2 Å². The Morgan fingerprint density at radius 2 is 1.89 bits per heavy atom. The van der Waals surface area contributed by atoms with Gasteiger partial charge in [0.05, 0.1) is 25.4 Å². The van der Waals surface area contributed by atoms with Gasteiger partial charge in [0.25, 0.3) is 0 Å². The van der Waals surface area contributed by atoms with E-state index in [1.165, 1.54) is 11.1 Å². The van der Waals surface area contributed by atoms with E-state index in [0.717, 1.165) is 41.7 Å². The molecule has 0 amide bonds. The summed E-state index contributed by atoms with van der Waals surface area (Å²) < 4.78 is 17.8. The van der Waals surface area contributed by atoms with Gasteiger partial charge in [-0.3, -0.25) is 0 Å². The van der Waals surface area contributed by atoms with Crippen LogP contribution in [-0.4, -0.2) is 19.8 Å². The van der Waals surface area contributed by atoms with Crippen molar-refractivity contribution in [2.24, 2.45) is 5.92 Å². The summed E-state index contributed by atoms with van der Waals surface area (Å²) in [4.78, 5) is 0. The molecule has 3 unspecified atom stereocenters. The van der Waals surface area contributed by atoms with Crippen LogP contribution in [0.1, 0.15) is 50.0 Å². The first-order chi connectivity index (χ1) is 13.2. The van der Waals surface area contributed by atoms with Crippen LogP contribution in [0.2, 0.25) is 5.02 Å². The SMILES string of the molecule is CCOc1ccc(C2Nc3ccc(Cl)cc3C3OCCCC23)cc1OCC. The molecular weight excluding hydrogens is 362 g/mol. The lowest BCUT2D eigenvalue weighted by molar-refractivity contribution is -0.0381. The molecule has 3 atom stereocenters. The largest absolute Gasteiger partial charge is 0.490 e. The summed E-state index contributed by atoms with van der Waals surface area (Å²) in [5.74, 6) is 1.95. The monoisotopic (exact) mass is 387 g/mol. The molecule has 2 aliphatic rings. The molecule has 0 aliphatic carbocycles. The zero-order valence-corrected chi connectivity index (χ0v) is 16.6. The Balaban J connectivity index is 1.72. The lowest BCUT2D eigenvalue weighted by atomic mass is 9.77. The van der Waals surface area contributed by atoms with Crippen LogP contribution in [0.3, 0.4) is 0 Å². The number of rotatable bonds is 5. The van der Waals surface area contributed by atoms with E-state index in [0.29, 0.717) is 19.1 Å². The molecule has 2 aromatic carbocycles. The van der Waals surface area contributed by atoms with Crippen molar-refractivity contribution in [3.05, 3.63) is 52.5 Å². The first-order valence-corrected chi connectivity index (χ1v) is 10.2. The maximum absolute atomic E-state index is 6.25. The third-order valence-electron chi connectivity index (χ3n) is 5.35. The van der Waals surface area contributed by atoms with Crippen LogP contribution >= 0.6 is 11.6 Å². The Morgan fingerprint density at radius 1 is 1.07 bits per heavy atom. The minimum atomic E-state index is 0.0702. The molecule has 0 bridgehead atoms. The van der Waals surface area contributed by atoms with E-state index in [1.807, 2.05) is 32.0 Å². The first-order valence-electron chi connectivity index (χ1n) is 9.78. The molecule has 0 saturated carbocycles. The van der Waals surface area contributed by atoms with Gasteiger partial charge in [-0.05, 0) is 62.6 Å². The second-order valence-electron chi connectivity index (χ2n) is 7.02. The topological polar surface area (TPSA) is 39.7 Å². The average Bonchev–Trinajstić information content (AvgIpc) is 2.69. The standard InChI is InChI=1S/C22H26ClNO3/c1-3-25-19-10-7-14(12-20(19)26-4-2)21-16-6-5-11-27-22(16)17-13-15(23)8-9-18(17)24-21/h7-10,12-13,16,21-22,24H,3-6,11H2,1-2H3.